The van der Waals surface area contributed by atoms with E-state index in [1.807, 2.05) is 0 Å². The number of hydrogen-bond acceptors (Lipinski definition) is 3. The first-order valence-electron chi connectivity index (χ1n) is 4.56. The fourth-order valence-electron chi connectivity index (χ4n) is 1.09. The molecule has 0 saturated heterocycles. The summed E-state index contributed by atoms with van der Waals surface area (Å²) in [5.41, 5.74) is 5.90. The Balaban J connectivity index is 3.12. The van der Waals surface area contributed by atoms with Crippen LogP contribution in [0.4, 0.5) is 5.69 Å². The number of anilines is 1. The topological polar surface area (TPSA) is 72.2 Å². The van der Waals surface area contributed by atoms with Gasteiger partial charge in [-0.05, 0) is 25.1 Å². The number of benzene rings is 1. The second-order valence-corrected chi connectivity index (χ2v) is 5.43. The van der Waals surface area contributed by atoms with Gasteiger partial charge in [-0.15, -0.1) is 6.58 Å². The molecule has 1 aromatic carbocycles. The van der Waals surface area contributed by atoms with E-state index in [4.69, 9.17) is 17.3 Å². The van der Waals surface area contributed by atoms with E-state index < -0.39 is 10.0 Å². The van der Waals surface area contributed by atoms with Crippen LogP contribution < -0.4 is 10.5 Å². The maximum Gasteiger partial charge on any atom is 0.242 e. The molecule has 0 spiro atoms. The van der Waals surface area contributed by atoms with Crippen molar-refractivity contribution < 1.29 is 8.42 Å². The fourth-order valence-corrected chi connectivity index (χ4v) is 2.86. The number of nitrogens with two attached hydrogens (primary N) is 1. The van der Waals surface area contributed by atoms with E-state index >= 15 is 0 Å². The Morgan fingerprint density at radius 1 is 1.56 bits per heavy atom. The molecule has 1 rings (SSSR count). The third-order valence-corrected chi connectivity index (χ3v) is 3.98. The first kappa shape index (κ1) is 13.0. The van der Waals surface area contributed by atoms with Crippen LogP contribution in [0.1, 0.15) is 6.92 Å². The zero-order valence-corrected chi connectivity index (χ0v) is 10.3. The van der Waals surface area contributed by atoms with Crippen molar-refractivity contribution >= 4 is 27.3 Å². The summed E-state index contributed by atoms with van der Waals surface area (Å²) in [6, 6.07) is 3.89. The van der Waals surface area contributed by atoms with E-state index in [1.54, 1.807) is 6.92 Å². The monoisotopic (exact) mass is 260 g/mol. The molecule has 0 fully saturated rings. The summed E-state index contributed by atoms with van der Waals surface area (Å²) in [4.78, 5) is 0.0112. The Morgan fingerprint density at radius 3 is 2.69 bits per heavy atom. The Labute approximate surface area is 100 Å². The van der Waals surface area contributed by atoms with E-state index in [0.717, 1.165) is 0 Å². The minimum atomic E-state index is -3.63. The van der Waals surface area contributed by atoms with Gasteiger partial charge in [-0.25, -0.2) is 13.1 Å². The number of sulfonamides is 1. The molecule has 88 valence electrons. The van der Waals surface area contributed by atoms with Gasteiger partial charge in [-0.2, -0.15) is 0 Å². The minimum Gasteiger partial charge on any atom is -0.399 e. The molecule has 0 bridgehead atoms. The molecule has 1 atom stereocenters. The SMILES string of the molecule is C=CC(C)NS(=O)(=O)c1ccc(N)cc1Cl. The molecule has 0 saturated carbocycles. The van der Waals surface area contributed by atoms with Crippen molar-refractivity contribution in [3.05, 3.63) is 35.9 Å². The fraction of sp³-hybridized carbons (Fsp3) is 0.200. The van der Waals surface area contributed by atoms with Crippen LogP contribution in [0.15, 0.2) is 35.7 Å². The highest BCUT2D eigenvalue weighted by Gasteiger charge is 2.19. The van der Waals surface area contributed by atoms with E-state index in [0.29, 0.717) is 5.69 Å². The van der Waals surface area contributed by atoms with Gasteiger partial charge in [0.15, 0.2) is 0 Å². The lowest BCUT2D eigenvalue weighted by molar-refractivity contribution is 0.576. The Morgan fingerprint density at radius 2 is 2.19 bits per heavy atom. The maximum atomic E-state index is 11.8. The van der Waals surface area contributed by atoms with Crippen LogP contribution in [0.25, 0.3) is 0 Å². The summed E-state index contributed by atoms with van der Waals surface area (Å²) >= 11 is 5.82. The lowest BCUT2D eigenvalue weighted by atomic mass is 10.3. The normalized spacial score (nSPS) is 13.4. The van der Waals surface area contributed by atoms with Crippen molar-refractivity contribution in [2.75, 3.05) is 5.73 Å². The lowest BCUT2D eigenvalue weighted by Crippen LogP contribution is -2.31. The van der Waals surface area contributed by atoms with Gasteiger partial charge in [0.05, 0.1) is 5.02 Å². The van der Waals surface area contributed by atoms with Crippen molar-refractivity contribution in [3.63, 3.8) is 0 Å². The van der Waals surface area contributed by atoms with Crippen LogP contribution in [-0.4, -0.2) is 14.5 Å². The average Bonchev–Trinajstić information content (AvgIpc) is 2.16. The van der Waals surface area contributed by atoms with E-state index in [-0.39, 0.29) is 16.0 Å². The maximum absolute atomic E-state index is 11.8. The molecular formula is C10H13ClN2O2S. The highest BCUT2D eigenvalue weighted by atomic mass is 35.5. The predicted molar refractivity (Wildman–Crippen MR) is 65.8 cm³/mol. The predicted octanol–water partition coefficient (Wildman–Crippen LogP) is 1.78. The van der Waals surface area contributed by atoms with Crippen molar-refractivity contribution in [1.82, 2.24) is 4.72 Å². The highest BCUT2D eigenvalue weighted by Crippen LogP contribution is 2.23. The van der Waals surface area contributed by atoms with Crippen molar-refractivity contribution in [1.29, 1.82) is 0 Å². The van der Waals surface area contributed by atoms with Crippen molar-refractivity contribution in [3.8, 4) is 0 Å². The number of nitrogen functional groups attached to an aromatic ring is 1. The molecule has 0 aliphatic carbocycles. The molecular weight excluding hydrogens is 248 g/mol. The third-order valence-electron chi connectivity index (χ3n) is 1.94. The molecule has 1 aromatic rings. The van der Waals surface area contributed by atoms with Crippen LogP contribution in [0, 0.1) is 0 Å². The molecule has 0 heterocycles. The van der Waals surface area contributed by atoms with E-state index in [9.17, 15) is 8.42 Å². The van der Waals surface area contributed by atoms with E-state index in [2.05, 4.69) is 11.3 Å². The summed E-state index contributed by atoms with van der Waals surface area (Å²) in [7, 11) is -3.63. The summed E-state index contributed by atoms with van der Waals surface area (Å²) < 4.78 is 26.1. The molecule has 16 heavy (non-hydrogen) atoms. The van der Waals surface area contributed by atoms with Gasteiger partial charge >= 0.3 is 0 Å². The van der Waals surface area contributed by atoms with Crippen LogP contribution >= 0.6 is 11.6 Å². The smallest absolute Gasteiger partial charge is 0.242 e. The Bertz CT molecular complexity index is 500. The number of hydrogen-bond donors (Lipinski definition) is 2. The van der Waals surface area contributed by atoms with Crippen LogP contribution in [0.3, 0.4) is 0 Å². The molecule has 0 aliphatic rings. The molecule has 1 unspecified atom stereocenters. The van der Waals surface area contributed by atoms with E-state index in [1.165, 1.54) is 24.3 Å². The zero-order valence-electron chi connectivity index (χ0n) is 8.77. The standard InChI is InChI=1S/C10H13ClN2O2S/c1-3-7(2)13-16(14,15)10-5-4-8(12)6-9(10)11/h3-7,13H,1,12H2,2H3. The molecule has 0 amide bonds. The molecule has 6 heteroatoms. The average molecular weight is 261 g/mol. The first-order chi connectivity index (χ1) is 7.36. The number of halogens is 1. The van der Waals surface area contributed by atoms with Gasteiger partial charge in [0, 0.05) is 11.7 Å². The van der Waals surface area contributed by atoms with Gasteiger partial charge in [0.1, 0.15) is 4.90 Å². The van der Waals surface area contributed by atoms with Crippen molar-refractivity contribution in [2.45, 2.75) is 17.9 Å². The minimum absolute atomic E-state index is 0.0112. The summed E-state index contributed by atoms with van der Waals surface area (Å²) in [6.07, 6.45) is 1.49. The van der Waals surface area contributed by atoms with Crippen LogP contribution in [0.2, 0.25) is 5.02 Å². The van der Waals surface area contributed by atoms with Gasteiger partial charge in [0.2, 0.25) is 10.0 Å². The quantitative estimate of drug-likeness (QED) is 0.640. The van der Waals surface area contributed by atoms with Crippen LogP contribution in [0.5, 0.6) is 0 Å². The Kier molecular flexibility index (Phi) is 3.96. The van der Waals surface area contributed by atoms with Crippen LogP contribution in [-0.2, 0) is 10.0 Å². The molecule has 0 aliphatic heterocycles. The lowest BCUT2D eigenvalue weighted by Gasteiger charge is -2.11. The van der Waals surface area contributed by atoms with Gasteiger partial charge in [-0.1, -0.05) is 17.7 Å². The van der Waals surface area contributed by atoms with Gasteiger partial charge in [-0.3, -0.25) is 0 Å². The Hall–Kier alpha value is -1.04. The molecule has 4 nitrogen and oxygen atoms in total. The number of rotatable bonds is 4. The third kappa shape index (κ3) is 2.98. The summed E-state index contributed by atoms with van der Waals surface area (Å²) in [5.74, 6) is 0. The highest BCUT2D eigenvalue weighted by molar-refractivity contribution is 7.89. The summed E-state index contributed by atoms with van der Waals surface area (Å²) in [6.45, 7) is 5.17. The zero-order chi connectivity index (χ0) is 12.3. The van der Waals surface area contributed by atoms with Gasteiger partial charge in [0.25, 0.3) is 0 Å². The van der Waals surface area contributed by atoms with Crippen molar-refractivity contribution in [2.24, 2.45) is 0 Å². The largest absolute Gasteiger partial charge is 0.399 e. The molecule has 0 aromatic heterocycles. The first-order valence-corrected chi connectivity index (χ1v) is 6.43. The molecule has 0 radical (unpaired) electrons. The molecule has 3 N–H and O–H groups in total. The summed E-state index contributed by atoms with van der Waals surface area (Å²) in [5, 5.41) is 0.101. The number of nitrogens with one attached hydrogen (secondary N) is 1. The second kappa shape index (κ2) is 4.86. The van der Waals surface area contributed by atoms with Gasteiger partial charge < -0.3 is 5.73 Å². The second-order valence-electron chi connectivity index (χ2n) is 3.34.